The molecule has 1 aromatic carbocycles. The molecule has 63 heavy (non-hydrogen) atoms. The minimum Gasteiger partial charge on any atom is -0.374 e. The lowest BCUT2D eigenvalue weighted by Gasteiger charge is -2.37. The molecular weight excluding hydrogens is 815 g/mol. The zero-order valence-electron chi connectivity index (χ0n) is 34.8. The van der Waals surface area contributed by atoms with Crippen LogP contribution in [0.5, 0.6) is 0 Å². The third-order valence-electron chi connectivity index (χ3n) is 14.3. The molecule has 5 saturated heterocycles. The summed E-state index contributed by atoms with van der Waals surface area (Å²) in [5, 5.41) is 13.7. The van der Waals surface area contributed by atoms with Crippen molar-refractivity contribution in [1.29, 1.82) is 0 Å². The molecule has 1 saturated carbocycles. The van der Waals surface area contributed by atoms with Crippen molar-refractivity contribution >= 4 is 45.9 Å². The maximum absolute atomic E-state index is 14.3. The van der Waals surface area contributed by atoms with E-state index in [1.165, 1.54) is 19.8 Å². The molecule has 1 unspecified atom stereocenters. The van der Waals surface area contributed by atoms with Crippen molar-refractivity contribution in [1.82, 2.24) is 48.6 Å². The van der Waals surface area contributed by atoms with E-state index in [1.807, 2.05) is 24.3 Å². The molecule has 17 nitrogen and oxygen atoms in total. The molecule has 3 amide bonds. The van der Waals surface area contributed by atoms with Crippen molar-refractivity contribution < 1.29 is 27.9 Å². The number of likely N-dealkylation sites (tertiary alicyclic amines) is 2. The number of benzene rings is 1. The monoisotopic (exact) mass is 862 g/mol. The summed E-state index contributed by atoms with van der Waals surface area (Å²) in [5.41, 5.74) is 1.80. The molecule has 9 heterocycles. The number of piperidine rings is 1. The van der Waals surface area contributed by atoms with Gasteiger partial charge in [0.15, 0.2) is 11.3 Å². The predicted octanol–water partition coefficient (Wildman–Crippen LogP) is 3.27. The minimum atomic E-state index is -2.86. The molecule has 19 heteroatoms. The highest BCUT2D eigenvalue weighted by atomic mass is 19.3. The van der Waals surface area contributed by atoms with E-state index in [1.54, 1.807) is 24.1 Å². The van der Waals surface area contributed by atoms with Crippen LogP contribution in [-0.4, -0.2) is 125 Å². The van der Waals surface area contributed by atoms with Gasteiger partial charge in [-0.3, -0.25) is 43.3 Å². The maximum Gasteiger partial charge on any atom is 0.329 e. The molecule has 4 aromatic heterocycles. The topological polar surface area (TPSA) is 169 Å². The van der Waals surface area contributed by atoms with Crippen LogP contribution in [0.1, 0.15) is 91.5 Å². The maximum atomic E-state index is 14.3. The molecule has 2 N–H and O–H groups in total. The fourth-order valence-electron chi connectivity index (χ4n) is 11.1. The first-order valence-electron chi connectivity index (χ1n) is 22.0. The smallest absolute Gasteiger partial charge is 0.329 e. The highest BCUT2D eigenvalue weighted by Gasteiger charge is 2.44. The Kier molecular flexibility index (Phi) is 9.92. The quantitative estimate of drug-likeness (QED) is 0.165. The van der Waals surface area contributed by atoms with Gasteiger partial charge in [-0.25, -0.2) is 23.1 Å². The van der Waals surface area contributed by atoms with E-state index in [2.05, 4.69) is 47.4 Å². The molecule has 11 rings (SSSR count). The molecule has 328 valence electrons. The van der Waals surface area contributed by atoms with Crippen LogP contribution in [-0.2, 0) is 21.4 Å². The molecule has 5 aromatic rings. The van der Waals surface area contributed by atoms with Gasteiger partial charge in [0, 0.05) is 64.1 Å². The average Bonchev–Trinajstić information content (AvgIpc) is 4.16. The number of morpholine rings is 1. The average molecular weight is 863 g/mol. The summed E-state index contributed by atoms with van der Waals surface area (Å²) < 4.78 is 40.5. The Morgan fingerprint density at radius 1 is 1.00 bits per heavy atom. The van der Waals surface area contributed by atoms with Crippen LogP contribution in [0, 0.1) is 17.8 Å². The Labute approximate surface area is 360 Å². The Morgan fingerprint density at radius 2 is 1.83 bits per heavy atom. The van der Waals surface area contributed by atoms with E-state index in [0.29, 0.717) is 47.8 Å². The van der Waals surface area contributed by atoms with Gasteiger partial charge >= 0.3 is 5.69 Å². The number of halogens is 2. The zero-order valence-corrected chi connectivity index (χ0v) is 34.8. The number of rotatable bonds is 9. The predicted molar refractivity (Wildman–Crippen MR) is 225 cm³/mol. The van der Waals surface area contributed by atoms with Crippen molar-refractivity contribution in [3.8, 4) is 11.8 Å². The zero-order chi connectivity index (χ0) is 43.1. The van der Waals surface area contributed by atoms with Crippen molar-refractivity contribution in [2.75, 3.05) is 49.5 Å². The number of alkyl halides is 2. The number of hydrogen-bond donors (Lipinski definition) is 2. The van der Waals surface area contributed by atoms with Gasteiger partial charge in [-0.1, -0.05) is 17.9 Å². The molecule has 0 spiro atoms. The second kappa shape index (κ2) is 15.7. The summed E-state index contributed by atoms with van der Waals surface area (Å²) in [5.74, 6) is 6.53. The number of hydrogen-bond acceptors (Lipinski definition) is 11. The third-order valence-corrected chi connectivity index (χ3v) is 14.3. The van der Waals surface area contributed by atoms with E-state index in [0.717, 1.165) is 76.1 Å². The number of nitrogens with one attached hydrogen (secondary N) is 2. The second-order valence-electron chi connectivity index (χ2n) is 18.0. The summed E-state index contributed by atoms with van der Waals surface area (Å²) in [6.45, 7) is 4.89. The van der Waals surface area contributed by atoms with Gasteiger partial charge in [0.25, 0.3) is 12.3 Å². The van der Waals surface area contributed by atoms with Crippen LogP contribution in [0.4, 0.5) is 20.3 Å². The largest absolute Gasteiger partial charge is 0.374 e. The number of imidazole rings is 1. The summed E-state index contributed by atoms with van der Waals surface area (Å²) >= 11 is 0. The molecule has 5 aliphatic heterocycles. The molecule has 4 bridgehead atoms. The standard InChI is InChI=1S/C44H48F2N12O5/c1-52-39-26(4-2-6-34(39)58(44(52)62)35-11-12-37(59)50-43(35)61)5-3-14-53-20-29-16-28(53)21-54(29)19-25-7-9-27(10-8-25)57-23-33(38(51-57)40(45)46)48-42(60)32-18-47-56-15-13-36(49-41(32)56)55-22-31-17-30(55)24-63-31/h2,4,6,13,15,18,23,25,27-31,35,40H,7-12,14,16-17,19-22,24H2,1H3,(H,48,60)(H,50,59,61)/t25?,27?,28-,29-,30-,31-,35?/m1/s1. The lowest BCUT2D eigenvalue weighted by atomic mass is 9.85. The van der Waals surface area contributed by atoms with Crippen molar-refractivity contribution in [3.63, 3.8) is 0 Å². The number of para-hydroxylation sites is 1. The number of piperazine rings is 1. The van der Waals surface area contributed by atoms with Crippen LogP contribution in [0.15, 0.2) is 47.7 Å². The Balaban J connectivity index is 0.690. The van der Waals surface area contributed by atoms with Gasteiger partial charge in [0.2, 0.25) is 11.8 Å². The normalized spacial score (nSPS) is 27.2. The van der Waals surface area contributed by atoms with Crippen LogP contribution < -0.4 is 21.2 Å². The number of ether oxygens (including phenoxy) is 1. The van der Waals surface area contributed by atoms with E-state index in [9.17, 15) is 28.0 Å². The summed E-state index contributed by atoms with van der Waals surface area (Å²) in [4.78, 5) is 63.3. The Hall–Kier alpha value is -5.97. The molecular formula is C44H48F2N12O5. The highest BCUT2D eigenvalue weighted by molar-refractivity contribution is 6.08. The number of amides is 3. The highest BCUT2D eigenvalue weighted by Crippen LogP contribution is 2.38. The summed E-state index contributed by atoms with van der Waals surface area (Å²) in [7, 11) is 1.68. The van der Waals surface area contributed by atoms with Gasteiger partial charge < -0.3 is 15.0 Å². The minimum absolute atomic E-state index is 0.00416. The first-order chi connectivity index (χ1) is 30.6. The lowest BCUT2D eigenvalue weighted by Crippen LogP contribution is -2.48. The summed E-state index contributed by atoms with van der Waals surface area (Å²) in [6, 6.07) is 7.73. The molecule has 6 fully saturated rings. The number of carbonyl (C=O) groups is 3. The summed E-state index contributed by atoms with van der Waals surface area (Å²) in [6.07, 6.45) is 8.07. The van der Waals surface area contributed by atoms with E-state index in [4.69, 9.17) is 9.72 Å². The van der Waals surface area contributed by atoms with Crippen molar-refractivity contribution in [3.05, 3.63) is 70.2 Å². The van der Waals surface area contributed by atoms with Crippen LogP contribution >= 0.6 is 0 Å². The first kappa shape index (κ1) is 39.8. The van der Waals surface area contributed by atoms with Gasteiger partial charge in [-0.2, -0.15) is 10.2 Å². The third kappa shape index (κ3) is 7.08. The first-order valence-corrected chi connectivity index (χ1v) is 22.0. The van der Waals surface area contributed by atoms with Gasteiger partial charge in [0.05, 0.1) is 59.8 Å². The van der Waals surface area contributed by atoms with Gasteiger partial charge in [-0.15, -0.1) is 0 Å². The lowest BCUT2D eigenvalue weighted by molar-refractivity contribution is -0.135. The van der Waals surface area contributed by atoms with E-state index < -0.39 is 30.0 Å². The van der Waals surface area contributed by atoms with E-state index in [-0.39, 0.29) is 53.9 Å². The molecule has 0 radical (unpaired) electrons. The van der Waals surface area contributed by atoms with Crippen LogP contribution in [0.25, 0.3) is 16.7 Å². The molecule has 1 aliphatic carbocycles. The number of carbonyl (C=O) groups excluding carboxylic acids is 3. The van der Waals surface area contributed by atoms with E-state index >= 15 is 0 Å². The van der Waals surface area contributed by atoms with Crippen molar-refractivity contribution in [2.45, 2.75) is 94.1 Å². The van der Waals surface area contributed by atoms with Gasteiger partial charge in [0.1, 0.15) is 17.4 Å². The number of anilines is 2. The fourth-order valence-corrected chi connectivity index (χ4v) is 11.1. The number of imide groups is 1. The number of fused-ring (bicyclic) bond motifs is 6. The number of aryl methyl sites for hydroxylation is 1. The number of aromatic nitrogens is 7. The van der Waals surface area contributed by atoms with Crippen LogP contribution in [0.2, 0.25) is 0 Å². The SMILES string of the molecule is Cn1c(=O)n(C2CCC(=O)NC2=O)c2cccc(C#CCN3C[C@H]4C[C@@H]3CN4CC3CCC(n4cc(NC(=O)c5cnn6ccc(N7C[C@H]8C[C@@H]7CO8)nc56)c(C(F)F)n4)CC3)c21. The molecule has 5 atom stereocenters. The van der Waals surface area contributed by atoms with Gasteiger partial charge in [-0.05, 0) is 69.1 Å². The van der Waals surface area contributed by atoms with Crippen LogP contribution in [0.3, 0.4) is 0 Å². The van der Waals surface area contributed by atoms with Crippen molar-refractivity contribution in [2.24, 2.45) is 13.0 Å². The second-order valence-corrected chi connectivity index (χ2v) is 18.0. The fraction of sp³-hybridized carbons (Fsp3) is 0.523. The number of nitrogens with zero attached hydrogens (tertiary/aromatic N) is 10. The molecule has 6 aliphatic rings. The Morgan fingerprint density at radius 3 is 2.57 bits per heavy atom. The Bertz CT molecular complexity index is 2780.